The lowest BCUT2D eigenvalue weighted by Crippen LogP contribution is -2.25. The summed E-state index contributed by atoms with van der Waals surface area (Å²) in [6, 6.07) is 9.00. The molecule has 3 aromatic heterocycles. The van der Waals surface area contributed by atoms with Gasteiger partial charge in [0.15, 0.2) is 16.6 Å². The predicted octanol–water partition coefficient (Wildman–Crippen LogP) is 2.01. The fraction of sp³-hybridized carbons (Fsp3) is 0.111. The number of halogens is 1. The van der Waals surface area contributed by atoms with Crippen LogP contribution in [0.15, 0.2) is 36.5 Å². The minimum atomic E-state index is -0.274. The zero-order valence-electron chi connectivity index (χ0n) is 14.0. The number of fused-ring (bicyclic) bond motifs is 2. The van der Waals surface area contributed by atoms with E-state index in [0.29, 0.717) is 30.0 Å². The molecule has 134 valence electrons. The number of imidazole rings is 2. The maximum Gasteiger partial charge on any atom is 0.287 e. The molecule has 8 nitrogen and oxygen atoms in total. The molecule has 3 heterocycles. The lowest BCUT2D eigenvalue weighted by molar-refractivity contribution is 0.0945. The number of aromatic amines is 1. The Morgan fingerprint density at radius 3 is 3.07 bits per heavy atom. The van der Waals surface area contributed by atoms with E-state index < -0.39 is 0 Å². The van der Waals surface area contributed by atoms with E-state index in [4.69, 9.17) is 17.3 Å². The lowest BCUT2D eigenvalue weighted by atomic mass is 10.3. The van der Waals surface area contributed by atoms with Crippen molar-refractivity contribution in [3.8, 4) is 11.8 Å². The third-order valence-electron chi connectivity index (χ3n) is 3.82. The number of carbonyl (C=O) groups is 1. The monoisotopic (exact) mass is 379 g/mol. The molecule has 0 aliphatic carbocycles. The summed E-state index contributed by atoms with van der Waals surface area (Å²) < 4.78 is 1.50. The zero-order chi connectivity index (χ0) is 18.8. The maximum atomic E-state index is 12.2. The first-order valence-corrected chi connectivity index (χ1v) is 8.51. The number of amides is 1. The molecule has 4 N–H and O–H groups in total. The second-order valence-electron chi connectivity index (χ2n) is 5.71. The highest BCUT2D eigenvalue weighted by atomic mass is 35.5. The first kappa shape index (κ1) is 16.9. The normalized spacial score (nSPS) is 10.7. The van der Waals surface area contributed by atoms with Crippen molar-refractivity contribution in [1.29, 1.82) is 0 Å². The minimum Gasteiger partial charge on any atom is -0.396 e. The van der Waals surface area contributed by atoms with Gasteiger partial charge in [0, 0.05) is 19.0 Å². The number of carbonyl (C=O) groups excluding carboxylic acids is 1. The smallest absolute Gasteiger partial charge is 0.287 e. The van der Waals surface area contributed by atoms with Gasteiger partial charge in [-0.1, -0.05) is 29.7 Å². The lowest BCUT2D eigenvalue weighted by Gasteiger charge is -1.99. The maximum absolute atomic E-state index is 12.2. The summed E-state index contributed by atoms with van der Waals surface area (Å²) in [6.45, 7) is 0.385. The second kappa shape index (κ2) is 6.97. The van der Waals surface area contributed by atoms with Crippen LogP contribution >= 0.6 is 11.6 Å². The molecule has 0 unspecified atom stereocenters. The summed E-state index contributed by atoms with van der Waals surface area (Å²) in [4.78, 5) is 23.6. The molecule has 0 saturated heterocycles. The van der Waals surface area contributed by atoms with Crippen LogP contribution in [-0.2, 0) is 0 Å². The van der Waals surface area contributed by atoms with Crippen LogP contribution in [0.3, 0.4) is 0 Å². The topological polar surface area (TPSA) is 114 Å². The molecule has 4 rings (SSSR count). The highest BCUT2D eigenvalue weighted by molar-refractivity contribution is 6.29. The molecule has 9 heteroatoms. The van der Waals surface area contributed by atoms with E-state index in [1.807, 2.05) is 24.3 Å². The Bertz CT molecular complexity index is 1180. The van der Waals surface area contributed by atoms with Gasteiger partial charge in [0.1, 0.15) is 5.69 Å². The highest BCUT2D eigenvalue weighted by Crippen LogP contribution is 2.16. The largest absolute Gasteiger partial charge is 0.396 e. The molecule has 1 amide bonds. The van der Waals surface area contributed by atoms with Crippen molar-refractivity contribution in [2.24, 2.45) is 0 Å². The molecule has 0 radical (unpaired) electrons. The molecule has 27 heavy (non-hydrogen) atoms. The van der Waals surface area contributed by atoms with E-state index in [1.165, 1.54) is 10.6 Å². The van der Waals surface area contributed by atoms with Crippen LogP contribution in [0.2, 0.25) is 5.15 Å². The first-order valence-electron chi connectivity index (χ1n) is 8.13. The highest BCUT2D eigenvalue weighted by Gasteiger charge is 2.10. The van der Waals surface area contributed by atoms with Gasteiger partial charge < -0.3 is 16.0 Å². The number of anilines is 1. The molecule has 0 fully saturated rings. The Morgan fingerprint density at radius 1 is 1.37 bits per heavy atom. The van der Waals surface area contributed by atoms with Gasteiger partial charge in [0.25, 0.3) is 5.91 Å². The Balaban J connectivity index is 1.39. The standard InChI is InChI=1S/C18H14ClN7O/c19-15-9-12(20)17-22-10-11(26(17)25-15)5-3-4-8-21-18(27)16-23-13-6-1-2-7-14(13)24-16/h1-2,6-7,9-10H,4,8,20H2,(H,21,27)(H,23,24). The first-order chi connectivity index (χ1) is 13.1. The molecule has 4 aromatic rings. The Kier molecular flexibility index (Phi) is 4.36. The molecular weight excluding hydrogens is 366 g/mol. The average Bonchev–Trinajstić information content (AvgIpc) is 3.25. The number of para-hydroxylation sites is 2. The van der Waals surface area contributed by atoms with E-state index in [9.17, 15) is 4.79 Å². The van der Waals surface area contributed by atoms with Crippen LogP contribution in [0.1, 0.15) is 22.7 Å². The zero-order valence-corrected chi connectivity index (χ0v) is 14.8. The van der Waals surface area contributed by atoms with Gasteiger partial charge in [-0.15, -0.1) is 0 Å². The van der Waals surface area contributed by atoms with Gasteiger partial charge >= 0.3 is 0 Å². The Morgan fingerprint density at radius 2 is 2.22 bits per heavy atom. The number of nitrogen functional groups attached to an aromatic ring is 1. The van der Waals surface area contributed by atoms with Gasteiger partial charge in [-0.2, -0.15) is 5.10 Å². The Labute approximate surface area is 158 Å². The van der Waals surface area contributed by atoms with Crippen LogP contribution in [0.4, 0.5) is 5.69 Å². The predicted molar refractivity (Wildman–Crippen MR) is 102 cm³/mol. The SMILES string of the molecule is Nc1cc(Cl)nn2c(C#CCCNC(=O)c3nc4ccccc4[nH]3)cnc12. The average molecular weight is 380 g/mol. The van der Waals surface area contributed by atoms with Crippen molar-refractivity contribution >= 4 is 39.9 Å². The molecule has 0 aliphatic rings. The number of nitrogens with one attached hydrogen (secondary N) is 2. The Hall–Kier alpha value is -3.57. The van der Waals surface area contributed by atoms with E-state index in [1.54, 1.807) is 6.20 Å². The van der Waals surface area contributed by atoms with Crippen LogP contribution in [0.5, 0.6) is 0 Å². The molecule has 0 saturated carbocycles. The van der Waals surface area contributed by atoms with Gasteiger partial charge in [-0.3, -0.25) is 4.79 Å². The van der Waals surface area contributed by atoms with E-state index >= 15 is 0 Å². The number of hydrogen-bond donors (Lipinski definition) is 3. The van der Waals surface area contributed by atoms with Crippen LogP contribution in [-0.4, -0.2) is 37.0 Å². The second-order valence-corrected chi connectivity index (χ2v) is 6.10. The minimum absolute atomic E-state index is 0.263. The van der Waals surface area contributed by atoms with E-state index in [2.05, 4.69) is 37.2 Å². The molecule has 1 aromatic carbocycles. The van der Waals surface area contributed by atoms with Crippen LogP contribution in [0.25, 0.3) is 16.7 Å². The summed E-state index contributed by atoms with van der Waals surface area (Å²) >= 11 is 5.91. The van der Waals surface area contributed by atoms with Crippen molar-refractivity contribution < 1.29 is 4.79 Å². The quantitative estimate of drug-likeness (QED) is 0.372. The number of hydrogen-bond acceptors (Lipinski definition) is 5. The van der Waals surface area contributed by atoms with Crippen molar-refractivity contribution in [3.63, 3.8) is 0 Å². The fourth-order valence-electron chi connectivity index (χ4n) is 2.58. The number of rotatable bonds is 3. The van der Waals surface area contributed by atoms with E-state index in [0.717, 1.165) is 11.0 Å². The summed E-state index contributed by atoms with van der Waals surface area (Å²) in [5, 5.41) is 7.18. The number of nitrogens with zero attached hydrogens (tertiary/aromatic N) is 4. The number of nitrogens with two attached hydrogens (primary N) is 1. The van der Waals surface area contributed by atoms with Crippen molar-refractivity contribution in [2.45, 2.75) is 6.42 Å². The van der Waals surface area contributed by atoms with Crippen LogP contribution < -0.4 is 11.1 Å². The van der Waals surface area contributed by atoms with Gasteiger partial charge in [0.05, 0.1) is 22.9 Å². The van der Waals surface area contributed by atoms with Crippen molar-refractivity contribution in [3.05, 3.63) is 53.2 Å². The van der Waals surface area contributed by atoms with Gasteiger partial charge in [-0.25, -0.2) is 14.5 Å². The molecule has 0 aliphatic heterocycles. The fourth-order valence-corrected chi connectivity index (χ4v) is 2.78. The van der Waals surface area contributed by atoms with E-state index in [-0.39, 0.29) is 16.9 Å². The number of H-pyrrole nitrogens is 1. The number of aromatic nitrogens is 5. The van der Waals surface area contributed by atoms with Crippen LogP contribution in [0, 0.1) is 11.8 Å². The third-order valence-corrected chi connectivity index (χ3v) is 4.01. The van der Waals surface area contributed by atoms with Gasteiger partial charge in [-0.05, 0) is 18.1 Å². The van der Waals surface area contributed by atoms with Crippen molar-refractivity contribution in [2.75, 3.05) is 12.3 Å². The molecule has 0 bridgehead atoms. The summed E-state index contributed by atoms with van der Waals surface area (Å²) in [6.07, 6.45) is 2.03. The molecule has 0 spiro atoms. The van der Waals surface area contributed by atoms with Crippen molar-refractivity contribution in [1.82, 2.24) is 29.9 Å². The van der Waals surface area contributed by atoms with Gasteiger partial charge in [0.2, 0.25) is 0 Å². The molecule has 0 atom stereocenters. The summed E-state index contributed by atoms with van der Waals surface area (Å²) in [5.41, 5.74) is 8.93. The molecular formula is C18H14ClN7O. The summed E-state index contributed by atoms with van der Waals surface area (Å²) in [5.74, 6) is 5.93. The third kappa shape index (κ3) is 3.41. The number of benzene rings is 1. The summed E-state index contributed by atoms with van der Waals surface area (Å²) in [7, 11) is 0.